The van der Waals surface area contributed by atoms with Gasteiger partial charge < -0.3 is 5.32 Å². The van der Waals surface area contributed by atoms with Gasteiger partial charge in [-0.1, -0.05) is 23.8 Å². The molecule has 1 heterocycles. The van der Waals surface area contributed by atoms with Gasteiger partial charge in [-0.05, 0) is 44.0 Å². The molecule has 6 heteroatoms. The van der Waals surface area contributed by atoms with Crippen LogP contribution < -0.4 is 5.32 Å². The molecule has 2 aromatic rings. The Balaban J connectivity index is 2.13. The number of nitrogens with zero attached hydrogens (tertiary/aromatic N) is 1. The molecule has 3 rings (SSSR count). The molecule has 0 aromatic heterocycles. The molecule has 0 saturated heterocycles. The lowest BCUT2D eigenvalue weighted by atomic mass is 9.97. The summed E-state index contributed by atoms with van der Waals surface area (Å²) in [5.74, 6) is -2.91. The molecular formula is C20H18F2N2O2. The van der Waals surface area contributed by atoms with Gasteiger partial charge in [0.1, 0.15) is 5.70 Å². The van der Waals surface area contributed by atoms with Crippen LogP contribution >= 0.6 is 0 Å². The molecule has 0 atom stereocenters. The Kier molecular flexibility index (Phi) is 4.59. The third kappa shape index (κ3) is 2.98. The number of amides is 2. The van der Waals surface area contributed by atoms with E-state index >= 15 is 0 Å². The predicted molar refractivity (Wildman–Crippen MR) is 95.2 cm³/mol. The minimum absolute atomic E-state index is 0.0646. The lowest BCUT2D eigenvalue weighted by Crippen LogP contribution is -2.32. The number of anilines is 1. The number of carbonyl (C=O) groups excluding carboxylic acids is 2. The van der Waals surface area contributed by atoms with E-state index in [2.05, 4.69) is 5.32 Å². The van der Waals surface area contributed by atoms with Crippen molar-refractivity contribution in [2.45, 2.75) is 20.8 Å². The first kappa shape index (κ1) is 17.8. The Bertz CT molecular complexity index is 951. The van der Waals surface area contributed by atoms with Crippen LogP contribution in [-0.2, 0) is 9.59 Å². The maximum absolute atomic E-state index is 13.5. The van der Waals surface area contributed by atoms with E-state index in [0.717, 1.165) is 28.2 Å². The molecular weight excluding hydrogens is 338 g/mol. The molecule has 0 unspecified atom stereocenters. The van der Waals surface area contributed by atoms with Crippen LogP contribution in [0.5, 0.6) is 0 Å². The Morgan fingerprint density at radius 2 is 1.69 bits per heavy atom. The number of hydrogen-bond donors (Lipinski definition) is 1. The van der Waals surface area contributed by atoms with Crippen molar-refractivity contribution in [2.75, 3.05) is 11.9 Å². The first-order valence-corrected chi connectivity index (χ1v) is 8.23. The molecule has 0 spiro atoms. The maximum atomic E-state index is 13.5. The van der Waals surface area contributed by atoms with Crippen molar-refractivity contribution in [1.82, 2.24) is 4.90 Å². The summed E-state index contributed by atoms with van der Waals surface area (Å²) in [6.45, 7) is 5.72. The lowest BCUT2D eigenvalue weighted by Gasteiger charge is -2.12. The van der Waals surface area contributed by atoms with E-state index in [0.29, 0.717) is 5.56 Å². The van der Waals surface area contributed by atoms with Crippen molar-refractivity contribution in [3.05, 3.63) is 70.4 Å². The summed E-state index contributed by atoms with van der Waals surface area (Å²) in [4.78, 5) is 26.6. The third-order valence-electron chi connectivity index (χ3n) is 4.32. The van der Waals surface area contributed by atoms with Crippen molar-refractivity contribution in [3.63, 3.8) is 0 Å². The van der Waals surface area contributed by atoms with Gasteiger partial charge in [-0.3, -0.25) is 14.5 Å². The normalized spacial score (nSPS) is 14.4. The quantitative estimate of drug-likeness (QED) is 0.848. The number of carbonyl (C=O) groups is 2. The molecule has 2 amide bonds. The predicted octanol–water partition coefficient (Wildman–Crippen LogP) is 3.79. The van der Waals surface area contributed by atoms with Crippen LogP contribution in [0, 0.1) is 25.5 Å². The van der Waals surface area contributed by atoms with Crippen LogP contribution in [-0.4, -0.2) is 23.3 Å². The number of hydrogen-bond acceptors (Lipinski definition) is 3. The second kappa shape index (κ2) is 6.71. The second-order valence-corrected chi connectivity index (χ2v) is 6.18. The SMILES string of the molecule is CCN1C(=O)C(Nc2ccc(F)c(F)c2)=C(c2ccc(C)cc2C)C1=O. The van der Waals surface area contributed by atoms with E-state index in [4.69, 9.17) is 0 Å². The summed E-state index contributed by atoms with van der Waals surface area (Å²) in [5, 5.41) is 2.80. The van der Waals surface area contributed by atoms with Crippen molar-refractivity contribution < 1.29 is 18.4 Å². The number of benzene rings is 2. The van der Waals surface area contributed by atoms with Crippen LogP contribution in [0.4, 0.5) is 14.5 Å². The maximum Gasteiger partial charge on any atom is 0.278 e. The fourth-order valence-electron chi connectivity index (χ4n) is 3.04. The Labute approximate surface area is 150 Å². The highest BCUT2D eigenvalue weighted by atomic mass is 19.2. The molecule has 1 N–H and O–H groups in total. The highest BCUT2D eigenvalue weighted by Gasteiger charge is 2.38. The van der Waals surface area contributed by atoms with Crippen LogP contribution in [0.3, 0.4) is 0 Å². The molecule has 0 bridgehead atoms. The average molecular weight is 356 g/mol. The highest BCUT2D eigenvalue weighted by molar-refractivity contribution is 6.36. The lowest BCUT2D eigenvalue weighted by molar-refractivity contribution is -0.136. The number of halogens is 2. The fourth-order valence-corrected chi connectivity index (χ4v) is 3.04. The summed E-state index contributed by atoms with van der Waals surface area (Å²) in [5.41, 5.74) is 3.01. The first-order chi connectivity index (χ1) is 12.3. The molecule has 1 aliphatic heterocycles. The molecule has 0 aliphatic carbocycles. The van der Waals surface area contributed by atoms with Gasteiger partial charge in [0.15, 0.2) is 11.6 Å². The van der Waals surface area contributed by atoms with Crippen molar-refractivity contribution in [2.24, 2.45) is 0 Å². The van der Waals surface area contributed by atoms with Gasteiger partial charge in [0.2, 0.25) is 0 Å². The van der Waals surface area contributed by atoms with Gasteiger partial charge in [-0.15, -0.1) is 0 Å². The van der Waals surface area contributed by atoms with Crippen molar-refractivity contribution in [1.29, 1.82) is 0 Å². The van der Waals surface area contributed by atoms with E-state index < -0.39 is 23.4 Å². The first-order valence-electron chi connectivity index (χ1n) is 8.23. The summed E-state index contributed by atoms with van der Waals surface area (Å²) in [7, 11) is 0. The van der Waals surface area contributed by atoms with E-state index in [1.165, 1.54) is 6.07 Å². The molecule has 0 radical (unpaired) electrons. The van der Waals surface area contributed by atoms with Crippen molar-refractivity contribution >= 4 is 23.1 Å². The largest absolute Gasteiger partial charge is 0.350 e. The number of aryl methyl sites for hydroxylation is 2. The van der Waals surface area contributed by atoms with Crippen molar-refractivity contribution in [3.8, 4) is 0 Å². The molecule has 134 valence electrons. The number of nitrogens with one attached hydrogen (secondary N) is 1. The minimum atomic E-state index is -1.03. The summed E-state index contributed by atoms with van der Waals surface area (Å²) < 4.78 is 26.7. The minimum Gasteiger partial charge on any atom is -0.350 e. The zero-order valence-corrected chi connectivity index (χ0v) is 14.7. The summed E-state index contributed by atoms with van der Waals surface area (Å²) >= 11 is 0. The zero-order valence-electron chi connectivity index (χ0n) is 14.7. The molecule has 4 nitrogen and oxygen atoms in total. The fraction of sp³-hybridized carbons (Fsp3) is 0.200. The second-order valence-electron chi connectivity index (χ2n) is 6.18. The van der Waals surface area contributed by atoms with Gasteiger partial charge in [-0.25, -0.2) is 8.78 Å². The van der Waals surface area contributed by atoms with Gasteiger partial charge in [0, 0.05) is 18.3 Å². The molecule has 1 aliphatic rings. The van der Waals surface area contributed by atoms with Crippen LogP contribution in [0.1, 0.15) is 23.6 Å². The smallest absolute Gasteiger partial charge is 0.278 e. The summed E-state index contributed by atoms with van der Waals surface area (Å²) in [6.07, 6.45) is 0. The average Bonchev–Trinajstić information content (AvgIpc) is 2.81. The van der Waals surface area contributed by atoms with E-state index in [1.807, 2.05) is 26.0 Å². The molecule has 2 aromatic carbocycles. The van der Waals surface area contributed by atoms with Gasteiger partial charge in [-0.2, -0.15) is 0 Å². The third-order valence-corrected chi connectivity index (χ3v) is 4.32. The van der Waals surface area contributed by atoms with Crippen LogP contribution in [0.15, 0.2) is 42.1 Å². The standard InChI is InChI=1S/C20H18F2N2O2/c1-4-24-19(25)17(14-7-5-11(2)9-12(14)3)18(20(24)26)23-13-6-8-15(21)16(22)10-13/h5-10,23H,4H2,1-3H3. The van der Waals surface area contributed by atoms with Gasteiger partial charge in [0.05, 0.1) is 5.57 Å². The Morgan fingerprint density at radius 1 is 0.962 bits per heavy atom. The molecule has 0 saturated carbocycles. The number of imide groups is 1. The topological polar surface area (TPSA) is 49.4 Å². The van der Waals surface area contributed by atoms with Crippen LogP contribution in [0.2, 0.25) is 0 Å². The van der Waals surface area contributed by atoms with Crippen LogP contribution in [0.25, 0.3) is 5.57 Å². The number of likely N-dealkylation sites (N-methyl/N-ethyl adjacent to an activating group) is 1. The molecule has 0 fully saturated rings. The van der Waals surface area contributed by atoms with Gasteiger partial charge >= 0.3 is 0 Å². The molecule has 26 heavy (non-hydrogen) atoms. The van der Waals surface area contributed by atoms with E-state index in [1.54, 1.807) is 13.0 Å². The Morgan fingerprint density at radius 3 is 2.31 bits per heavy atom. The monoisotopic (exact) mass is 356 g/mol. The van der Waals surface area contributed by atoms with E-state index in [-0.39, 0.29) is 23.5 Å². The van der Waals surface area contributed by atoms with Gasteiger partial charge in [0.25, 0.3) is 11.8 Å². The van der Waals surface area contributed by atoms with E-state index in [9.17, 15) is 18.4 Å². The Hall–Kier alpha value is -3.02. The zero-order chi connectivity index (χ0) is 19.0. The highest BCUT2D eigenvalue weighted by Crippen LogP contribution is 2.32. The summed E-state index contributed by atoms with van der Waals surface area (Å²) in [6, 6.07) is 8.80. The number of rotatable bonds is 4.